The van der Waals surface area contributed by atoms with Gasteiger partial charge < -0.3 is 9.64 Å². The average Bonchev–Trinajstić information content (AvgIpc) is 3.03. The minimum absolute atomic E-state index is 0.0514. The van der Waals surface area contributed by atoms with E-state index in [4.69, 9.17) is 4.74 Å². The highest BCUT2D eigenvalue weighted by atomic mass is 32.2. The molecule has 0 atom stereocenters. The molecule has 0 unspecified atom stereocenters. The van der Waals surface area contributed by atoms with E-state index in [1.807, 2.05) is 0 Å². The second kappa shape index (κ2) is 8.81. The van der Waals surface area contributed by atoms with Crippen molar-refractivity contribution >= 4 is 34.9 Å². The summed E-state index contributed by atoms with van der Waals surface area (Å²) in [6.07, 6.45) is 1.64. The van der Waals surface area contributed by atoms with Crippen LogP contribution in [0.15, 0.2) is 53.4 Å². The Morgan fingerprint density at radius 2 is 1.70 bits per heavy atom. The predicted octanol–water partition coefficient (Wildman–Crippen LogP) is 3.53. The number of rotatable bonds is 4. The van der Waals surface area contributed by atoms with Gasteiger partial charge in [-0.1, -0.05) is 24.3 Å². The first kappa shape index (κ1) is 20.3. The second-order valence-electron chi connectivity index (χ2n) is 6.92. The van der Waals surface area contributed by atoms with Crippen molar-refractivity contribution in [1.82, 2.24) is 9.80 Å². The number of amides is 3. The lowest BCUT2D eigenvalue weighted by Crippen LogP contribution is -2.40. The molecule has 0 saturated carbocycles. The van der Waals surface area contributed by atoms with Crippen LogP contribution in [0, 0.1) is 5.82 Å². The Hall–Kier alpha value is -2.97. The van der Waals surface area contributed by atoms with E-state index in [-0.39, 0.29) is 29.4 Å². The number of benzene rings is 2. The Balaban J connectivity index is 1.45. The van der Waals surface area contributed by atoms with Crippen molar-refractivity contribution in [2.45, 2.75) is 6.54 Å². The molecule has 0 bridgehead atoms. The number of imide groups is 1. The Morgan fingerprint density at radius 3 is 2.37 bits per heavy atom. The monoisotopic (exact) mass is 426 g/mol. The van der Waals surface area contributed by atoms with Crippen molar-refractivity contribution in [3.05, 3.63) is 75.9 Å². The van der Waals surface area contributed by atoms with Crippen molar-refractivity contribution in [1.29, 1.82) is 0 Å². The maximum atomic E-state index is 13.1. The van der Waals surface area contributed by atoms with E-state index in [9.17, 15) is 18.8 Å². The van der Waals surface area contributed by atoms with E-state index < -0.39 is 0 Å². The number of carbonyl (C=O) groups excluding carboxylic acids is 3. The molecule has 0 spiro atoms. The molecule has 2 fully saturated rings. The highest BCUT2D eigenvalue weighted by Crippen LogP contribution is 2.33. The van der Waals surface area contributed by atoms with Crippen LogP contribution >= 0.6 is 11.8 Å². The molecule has 0 aromatic heterocycles. The SMILES string of the molecule is O=C(c1ccc(/C=C2\SC(=O)N(Cc3ccc(F)cc3)C2=O)cc1)N1CCOCC1. The topological polar surface area (TPSA) is 66.9 Å². The Morgan fingerprint density at radius 1 is 1.03 bits per heavy atom. The van der Waals surface area contributed by atoms with Crippen LogP contribution in [0.3, 0.4) is 0 Å². The molecule has 0 N–H and O–H groups in total. The first-order chi connectivity index (χ1) is 14.5. The summed E-state index contributed by atoms with van der Waals surface area (Å²) in [5, 5.41) is -0.366. The Bertz CT molecular complexity index is 999. The van der Waals surface area contributed by atoms with Crippen LogP contribution < -0.4 is 0 Å². The summed E-state index contributed by atoms with van der Waals surface area (Å²) in [6, 6.07) is 12.6. The van der Waals surface area contributed by atoms with Crippen molar-refractivity contribution in [2.24, 2.45) is 0 Å². The third-order valence-electron chi connectivity index (χ3n) is 4.88. The van der Waals surface area contributed by atoms with E-state index in [0.717, 1.165) is 22.2 Å². The van der Waals surface area contributed by atoms with Crippen molar-refractivity contribution in [2.75, 3.05) is 26.3 Å². The fourth-order valence-corrected chi connectivity index (χ4v) is 4.07. The third kappa shape index (κ3) is 4.44. The molecular formula is C22H19FN2O4S. The van der Waals surface area contributed by atoms with Crippen molar-refractivity contribution in [3.8, 4) is 0 Å². The molecule has 2 aliphatic rings. The van der Waals surface area contributed by atoms with Crippen molar-refractivity contribution < 1.29 is 23.5 Å². The number of morpholine rings is 1. The maximum absolute atomic E-state index is 13.1. The van der Waals surface area contributed by atoms with Gasteiger partial charge in [-0.3, -0.25) is 19.3 Å². The van der Waals surface area contributed by atoms with Crippen LogP contribution in [-0.4, -0.2) is 53.2 Å². The smallest absolute Gasteiger partial charge is 0.293 e. The number of carbonyl (C=O) groups is 3. The lowest BCUT2D eigenvalue weighted by molar-refractivity contribution is -0.123. The molecule has 2 aliphatic heterocycles. The van der Waals surface area contributed by atoms with Crippen LogP contribution in [0.5, 0.6) is 0 Å². The van der Waals surface area contributed by atoms with E-state index in [1.165, 1.54) is 12.1 Å². The molecule has 0 aliphatic carbocycles. The first-order valence-corrected chi connectivity index (χ1v) is 10.3. The summed E-state index contributed by atoms with van der Waals surface area (Å²) in [7, 11) is 0. The van der Waals surface area contributed by atoms with Crippen LogP contribution in [0.25, 0.3) is 6.08 Å². The standard InChI is InChI=1S/C22H19FN2O4S/c23-18-7-3-16(4-8-18)14-25-21(27)19(30-22(25)28)13-15-1-5-17(6-2-15)20(26)24-9-11-29-12-10-24/h1-8,13H,9-12,14H2/b19-13-. The molecule has 8 heteroatoms. The van der Waals surface area contributed by atoms with Crippen LogP contribution in [0.2, 0.25) is 0 Å². The van der Waals surface area contributed by atoms with E-state index >= 15 is 0 Å². The van der Waals surface area contributed by atoms with E-state index in [0.29, 0.717) is 42.3 Å². The molecule has 0 radical (unpaired) electrons. The normalized spacial score (nSPS) is 18.4. The molecule has 2 heterocycles. The lowest BCUT2D eigenvalue weighted by atomic mass is 10.1. The highest BCUT2D eigenvalue weighted by Gasteiger charge is 2.35. The number of hydrogen-bond donors (Lipinski definition) is 0. The summed E-state index contributed by atoms with van der Waals surface area (Å²) in [6.45, 7) is 2.31. The van der Waals surface area contributed by atoms with Gasteiger partial charge in [0.2, 0.25) is 0 Å². The Kier molecular flexibility index (Phi) is 5.96. The molecular weight excluding hydrogens is 407 g/mol. The van der Waals surface area contributed by atoms with Gasteiger partial charge in [0, 0.05) is 18.7 Å². The second-order valence-corrected chi connectivity index (χ2v) is 7.91. The average molecular weight is 426 g/mol. The van der Waals surface area contributed by atoms with Crippen LogP contribution in [0.1, 0.15) is 21.5 Å². The van der Waals surface area contributed by atoms with E-state index in [2.05, 4.69) is 0 Å². The van der Waals surface area contributed by atoms with Gasteiger partial charge in [0.15, 0.2) is 0 Å². The number of thioether (sulfide) groups is 1. The molecule has 2 saturated heterocycles. The minimum Gasteiger partial charge on any atom is -0.378 e. The summed E-state index contributed by atoms with van der Waals surface area (Å²) in [5.41, 5.74) is 1.96. The molecule has 4 rings (SSSR count). The maximum Gasteiger partial charge on any atom is 0.293 e. The number of halogens is 1. The minimum atomic E-state index is -0.386. The quantitative estimate of drug-likeness (QED) is 0.700. The fourth-order valence-electron chi connectivity index (χ4n) is 3.23. The van der Waals surface area contributed by atoms with Gasteiger partial charge in [0.1, 0.15) is 5.82 Å². The summed E-state index contributed by atoms with van der Waals surface area (Å²) in [5.74, 6) is -0.810. The fraction of sp³-hybridized carbons (Fsp3) is 0.227. The molecule has 2 aromatic rings. The van der Waals surface area contributed by atoms with Gasteiger partial charge in [0.05, 0.1) is 24.7 Å². The van der Waals surface area contributed by atoms with Gasteiger partial charge in [0.25, 0.3) is 17.1 Å². The van der Waals surface area contributed by atoms with Crippen molar-refractivity contribution in [3.63, 3.8) is 0 Å². The Labute approximate surface area is 177 Å². The molecule has 2 aromatic carbocycles. The van der Waals surface area contributed by atoms with Gasteiger partial charge in [-0.05, 0) is 53.2 Å². The highest BCUT2D eigenvalue weighted by molar-refractivity contribution is 8.18. The summed E-state index contributed by atoms with van der Waals surface area (Å²) in [4.78, 5) is 40.6. The lowest BCUT2D eigenvalue weighted by Gasteiger charge is -2.26. The molecule has 3 amide bonds. The zero-order valence-corrected chi connectivity index (χ0v) is 16.9. The predicted molar refractivity (Wildman–Crippen MR) is 111 cm³/mol. The van der Waals surface area contributed by atoms with Gasteiger partial charge >= 0.3 is 0 Å². The molecule has 30 heavy (non-hydrogen) atoms. The molecule has 6 nitrogen and oxygen atoms in total. The number of ether oxygens (including phenoxy) is 1. The summed E-state index contributed by atoms with van der Waals surface area (Å²) < 4.78 is 18.3. The van der Waals surface area contributed by atoms with Crippen LogP contribution in [-0.2, 0) is 16.1 Å². The van der Waals surface area contributed by atoms with Gasteiger partial charge in [-0.2, -0.15) is 0 Å². The van der Waals surface area contributed by atoms with Crippen LogP contribution in [0.4, 0.5) is 9.18 Å². The number of nitrogens with zero attached hydrogens (tertiary/aromatic N) is 2. The molecule has 154 valence electrons. The van der Waals surface area contributed by atoms with Gasteiger partial charge in [-0.25, -0.2) is 4.39 Å². The zero-order valence-electron chi connectivity index (χ0n) is 16.0. The first-order valence-electron chi connectivity index (χ1n) is 9.48. The number of hydrogen-bond acceptors (Lipinski definition) is 5. The van der Waals surface area contributed by atoms with Gasteiger partial charge in [-0.15, -0.1) is 0 Å². The summed E-state index contributed by atoms with van der Waals surface area (Å²) >= 11 is 0.868. The largest absolute Gasteiger partial charge is 0.378 e. The van der Waals surface area contributed by atoms with E-state index in [1.54, 1.807) is 47.4 Å². The third-order valence-corrected chi connectivity index (χ3v) is 5.79. The zero-order chi connectivity index (χ0) is 21.1.